The van der Waals surface area contributed by atoms with E-state index in [9.17, 15) is 9.59 Å². The number of thiophene rings is 1. The van der Waals surface area contributed by atoms with E-state index in [0.29, 0.717) is 0 Å². The molecular weight excluding hydrogens is 252 g/mol. The van der Waals surface area contributed by atoms with Gasteiger partial charge in [0.05, 0.1) is 12.0 Å². The first kappa shape index (κ1) is 14.5. The molecule has 100 valence electrons. The van der Waals surface area contributed by atoms with Gasteiger partial charge in [0.25, 0.3) is 0 Å². The SMILES string of the molecule is CCC(NC(=O)NCC(C)C(=O)O)c1cccs1. The number of amides is 2. The third-order valence-electron chi connectivity index (χ3n) is 2.59. The Morgan fingerprint density at radius 3 is 2.72 bits per heavy atom. The van der Waals surface area contributed by atoms with Gasteiger partial charge in [0.2, 0.25) is 0 Å². The number of carboxylic acid groups (broad SMARTS) is 1. The topological polar surface area (TPSA) is 78.4 Å². The van der Waals surface area contributed by atoms with Crippen LogP contribution in [-0.2, 0) is 4.79 Å². The number of hydrogen-bond donors (Lipinski definition) is 3. The van der Waals surface area contributed by atoms with Gasteiger partial charge >= 0.3 is 12.0 Å². The first-order valence-corrected chi connectivity index (χ1v) is 6.73. The lowest BCUT2D eigenvalue weighted by Crippen LogP contribution is -2.40. The molecule has 1 aromatic rings. The predicted octanol–water partition coefficient (Wildman–Crippen LogP) is 2.22. The minimum absolute atomic E-state index is 0.0230. The van der Waals surface area contributed by atoms with Gasteiger partial charge in [-0.2, -0.15) is 0 Å². The van der Waals surface area contributed by atoms with Gasteiger partial charge in [-0.15, -0.1) is 11.3 Å². The molecule has 1 heterocycles. The molecule has 2 atom stereocenters. The minimum Gasteiger partial charge on any atom is -0.481 e. The normalized spacial score (nSPS) is 13.7. The van der Waals surface area contributed by atoms with Crippen LogP contribution in [0.25, 0.3) is 0 Å². The van der Waals surface area contributed by atoms with Crippen molar-refractivity contribution in [1.29, 1.82) is 0 Å². The molecule has 3 N–H and O–H groups in total. The molecule has 0 aliphatic heterocycles. The molecule has 1 aromatic heterocycles. The maximum absolute atomic E-state index is 11.6. The monoisotopic (exact) mass is 270 g/mol. The van der Waals surface area contributed by atoms with Crippen LogP contribution >= 0.6 is 11.3 Å². The molecule has 0 bridgehead atoms. The van der Waals surface area contributed by atoms with E-state index in [-0.39, 0.29) is 18.6 Å². The summed E-state index contributed by atoms with van der Waals surface area (Å²) in [5.41, 5.74) is 0. The number of carbonyl (C=O) groups is 2. The largest absolute Gasteiger partial charge is 0.481 e. The second-order valence-electron chi connectivity index (χ2n) is 4.07. The van der Waals surface area contributed by atoms with E-state index < -0.39 is 11.9 Å². The molecule has 0 spiro atoms. The van der Waals surface area contributed by atoms with Gasteiger partial charge in [0.15, 0.2) is 0 Å². The lowest BCUT2D eigenvalue weighted by atomic mass is 10.2. The quantitative estimate of drug-likeness (QED) is 0.741. The molecular formula is C12H18N2O3S. The van der Waals surface area contributed by atoms with Crippen molar-refractivity contribution < 1.29 is 14.7 Å². The summed E-state index contributed by atoms with van der Waals surface area (Å²) >= 11 is 1.59. The molecule has 6 heteroatoms. The van der Waals surface area contributed by atoms with E-state index >= 15 is 0 Å². The number of rotatable bonds is 6. The van der Waals surface area contributed by atoms with Crippen LogP contribution in [0.2, 0.25) is 0 Å². The fourth-order valence-electron chi connectivity index (χ4n) is 1.41. The summed E-state index contributed by atoms with van der Waals surface area (Å²) in [5, 5.41) is 16.1. The van der Waals surface area contributed by atoms with E-state index in [1.807, 2.05) is 24.4 Å². The standard InChI is InChI=1S/C12H18N2O3S/c1-3-9(10-5-4-6-18-10)14-12(17)13-7-8(2)11(15)16/h4-6,8-9H,3,7H2,1-2H3,(H,15,16)(H2,13,14,17). The van der Waals surface area contributed by atoms with Crippen molar-refractivity contribution in [3.05, 3.63) is 22.4 Å². The van der Waals surface area contributed by atoms with Crippen LogP contribution in [0.15, 0.2) is 17.5 Å². The Bertz CT molecular complexity index is 392. The van der Waals surface area contributed by atoms with Crippen molar-refractivity contribution in [2.75, 3.05) is 6.54 Å². The Balaban J connectivity index is 2.41. The lowest BCUT2D eigenvalue weighted by Gasteiger charge is -2.16. The second-order valence-corrected chi connectivity index (χ2v) is 5.05. The van der Waals surface area contributed by atoms with Gasteiger partial charge in [-0.05, 0) is 17.9 Å². The first-order chi connectivity index (χ1) is 8.54. The average Bonchev–Trinajstić information content (AvgIpc) is 2.86. The Morgan fingerprint density at radius 2 is 2.22 bits per heavy atom. The van der Waals surface area contributed by atoms with E-state index in [2.05, 4.69) is 10.6 Å². The summed E-state index contributed by atoms with van der Waals surface area (Å²) in [7, 11) is 0. The third kappa shape index (κ3) is 4.37. The van der Waals surface area contributed by atoms with Crippen LogP contribution in [0.4, 0.5) is 4.79 Å². The molecule has 0 fully saturated rings. The fourth-order valence-corrected chi connectivity index (χ4v) is 2.27. The van der Waals surface area contributed by atoms with Gasteiger partial charge in [0.1, 0.15) is 0 Å². The molecule has 0 radical (unpaired) electrons. The van der Waals surface area contributed by atoms with E-state index in [1.165, 1.54) is 0 Å². The van der Waals surface area contributed by atoms with E-state index in [1.54, 1.807) is 18.3 Å². The van der Waals surface area contributed by atoms with Crippen molar-refractivity contribution in [1.82, 2.24) is 10.6 Å². The highest BCUT2D eigenvalue weighted by Crippen LogP contribution is 2.21. The molecule has 0 aliphatic carbocycles. The molecule has 2 unspecified atom stereocenters. The second kappa shape index (κ2) is 7.00. The number of hydrogen-bond acceptors (Lipinski definition) is 3. The highest BCUT2D eigenvalue weighted by Gasteiger charge is 2.15. The maximum atomic E-state index is 11.6. The van der Waals surface area contributed by atoms with E-state index in [4.69, 9.17) is 5.11 Å². The number of carboxylic acids is 1. The molecule has 0 saturated heterocycles. The average molecular weight is 270 g/mol. The fraction of sp³-hybridized carbons (Fsp3) is 0.500. The maximum Gasteiger partial charge on any atom is 0.315 e. The predicted molar refractivity (Wildman–Crippen MR) is 70.7 cm³/mol. The molecule has 1 rings (SSSR count). The lowest BCUT2D eigenvalue weighted by molar-refractivity contribution is -0.140. The summed E-state index contributed by atoms with van der Waals surface area (Å²) in [6, 6.07) is 3.56. The molecule has 18 heavy (non-hydrogen) atoms. The summed E-state index contributed by atoms with van der Waals surface area (Å²) in [6.07, 6.45) is 0.794. The summed E-state index contributed by atoms with van der Waals surface area (Å²) in [6.45, 7) is 3.67. The molecule has 2 amide bonds. The number of nitrogens with one attached hydrogen (secondary N) is 2. The number of carbonyl (C=O) groups excluding carboxylic acids is 1. The summed E-state index contributed by atoms with van der Waals surface area (Å²) in [5.74, 6) is -1.50. The number of aliphatic carboxylic acids is 1. The van der Waals surface area contributed by atoms with Crippen LogP contribution in [-0.4, -0.2) is 23.7 Å². The third-order valence-corrected chi connectivity index (χ3v) is 3.58. The Kier molecular flexibility index (Phi) is 5.64. The van der Waals surface area contributed by atoms with Crippen molar-refractivity contribution in [2.45, 2.75) is 26.3 Å². The van der Waals surface area contributed by atoms with Crippen LogP contribution in [0.1, 0.15) is 31.2 Å². The Morgan fingerprint density at radius 1 is 1.50 bits per heavy atom. The van der Waals surface area contributed by atoms with Gasteiger partial charge in [-0.3, -0.25) is 4.79 Å². The van der Waals surface area contributed by atoms with E-state index in [0.717, 1.165) is 11.3 Å². The first-order valence-electron chi connectivity index (χ1n) is 5.85. The van der Waals surface area contributed by atoms with Gasteiger partial charge in [-0.1, -0.05) is 19.9 Å². The Hall–Kier alpha value is -1.56. The van der Waals surface area contributed by atoms with Gasteiger partial charge < -0.3 is 15.7 Å². The van der Waals surface area contributed by atoms with Crippen LogP contribution in [0, 0.1) is 5.92 Å². The summed E-state index contributed by atoms with van der Waals surface area (Å²) < 4.78 is 0. The van der Waals surface area contributed by atoms with Crippen molar-refractivity contribution in [2.24, 2.45) is 5.92 Å². The molecule has 0 saturated carbocycles. The van der Waals surface area contributed by atoms with Crippen LogP contribution < -0.4 is 10.6 Å². The zero-order valence-electron chi connectivity index (χ0n) is 10.5. The van der Waals surface area contributed by atoms with Crippen LogP contribution in [0.5, 0.6) is 0 Å². The van der Waals surface area contributed by atoms with Gasteiger partial charge in [0, 0.05) is 11.4 Å². The van der Waals surface area contributed by atoms with Crippen molar-refractivity contribution in [3.8, 4) is 0 Å². The summed E-state index contributed by atoms with van der Waals surface area (Å²) in [4.78, 5) is 23.3. The zero-order valence-corrected chi connectivity index (χ0v) is 11.3. The minimum atomic E-state index is -0.916. The van der Waals surface area contributed by atoms with Crippen molar-refractivity contribution in [3.63, 3.8) is 0 Å². The van der Waals surface area contributed by atoms with Crippen LogP contribution in [0.3, 0.4) is 0 Å². The highest BCUT2D eigenvalue weighted by atomic mass is 32.1. The van der Waals surface area contributed by atoms with Crippen molar-refractivity contribution >= 4 is 23.3 Å². The molecule has 0 aromatic carbocycles. The zero-order chi connectivity index (χ0) is 13.5. The molecule has 5 nitrogen and oxygen atoms in total. The molecule has 0 aliphatic rings. The highest BCUT2D eigenvalue weighted by molar-refractivity contribution is 7.10. The van der Waals surface area contributed by atoms with Gasteiger partial charge in [-0.25, -0.2) is 4.79 Å². The number of urea groups is 1. The Labute approximate surface area is 110 Å². The smallest absolute Gasteiger partial charge is 0.315 e.